The molecule has 7 nitrogen and oxygen atoms in total. The van der Waals surface area contributed by atoms with E-state index in [0.29, 0.717) is 11.8 Å². The number of carbonyl (C=O) groups excluding carboxylic acids is 1. The molecule has 0 unspecified atom stereocenters. The number of aliphatic imine (C=N–C) groups is 1. The number of benzene rings is 1. The first-order valence-electron chi connectivity index (χ1n) is 14.9. The Balaban J connectivity index is 1.53. The molecule has 2 saturated heterocycles. The average Bonchev–Trinajstić information content (AvgIpc) is 3.34. The maximum absolute atomic E-state index is 14.5. The number of hydrogen-bond acceptors (Lipinski definition) is 5. The minimum Gasteiger partial charge on any atom is -0.478 e. The molecule has 2 bridgehead atoms. The zero-order valence-corrected chi connectivity index (χ0v) is 24.7. The molecule has 1 aromatic rings. The van der Waals surface area contributed by atoms with E-state index in [1.807, 2.05) is 12.1 Å². The van der Waals surface area contributed by atoms with Crippen molar-refractivity contribution in [2.75, 3.05) is 13.1 Å². The van der Waals surface area contributed by atoms with Crippen LogP contribution in [0, 0.1) is 16.7 Å². The Kier molecular flexibility index (Phi) is 7.36. The summed E-state index contributed by atoms with van der Waals surface area (Å²) < 4.78 is 6.09. The van der Waals surface area contributed by atoms with Crippen LogP contribution in [0.1, 0.15) is 115 Å². The van der Waals surface area contributed by atoms with Crippen LogP contribution >= 0.6 is 0 Å². The molecule has 0 aromatic heterocycles. The summed E-state index contributed by atoms with van der Waals surface area (Å²) in [5, 5.41) is 9.50. The van der Waals surface area contributed by atoms with Crippen molar-refractivity contribution in [3.05, 3.63) is 35.4 Å². The number of fused-ring (bicyclic) bond motifs is 2. The summed E-state index contributed by atoms with van der Waals surface area (Å²) in [5.41, 5.74) is 1.03. The van der Waals surface area contributed by atoms with Gasteiger partial charge in [-0.2, -0.15) is 0 Å². The molecule has 7 heteroatoms. The van der Waals surface area contributed by atoms with Gasteiger partial charge in [0.05, 0.1) is 23.8 Å². The second-order valence-electron chi connectivity index (χ2n) is 14.6. The van der Waals surface area contributed by atoms with Crippen LogP contribution < -0.4 is 0 Å². The molecule has 3 fully saturated rings. The molecule has 1 saturated carbocycles. The molecule has 3 aliphatic heterocycles. The zero-order chi connectivity index (χ0) is 28.2. The Labute approximate surface area is 234 Å². The van der Waals surface area contributed by atoms with Gasteiger partial charge in [-0.25, -0.2) is 9.79 Å². The number of likely N-dealkylation sites (tertiary alicyclic amines) is 1. The van der Waals surface area contributed by atoms with E-state index in [-0.39, 0.29) is 40.6 Å². The fourth-order valence-electron chi connectivity index (χ4n) is 7.18. The van der Waals surface area contributed by atoms with Crippen LogP contribution in [0.4, 0.5) is 0 Å². The number of ether oxygens (including phenoxy) is 1. The van der Waals surface area contributed by atoms with Gasteiger partial charge in [0.25, 0.3) is 5.91 Å². The van der Waals surface area contributed by atoms with Crippen LogP contribution in [0.25, 0.3) is 0 Å². The Hall–Kier alpha value is -2.41. The van der Waals surface area contributed by atoms with E-state index < -0.39 is 11.6 Å². The number of amidine groups is 1. The first-order chi connectivity index (χ1) is 18.3. The quantitative estimate of drug-likeness (QED) is 0.477. The monoisotopic (exact) mass is 537 g/mol. The van der Waals surface area contributed by atoms with Crippen LogP contribution in [-0.4, -0.2) is 63.6 Å². The minimum absolute atomic E-state index is 0.0340. The minimum atomic E-state index is -0.936. The van der Waals surface area contributed by atoms with Crippen molar-refractivity contribution in [3.8, 4) is 0 Å². The third-order valence-electron chi connectivity index (χ3n) is 9.55. The summed E-state index contributed by atoms with van der Waals surface area (Å²) in [7, 11) is 0. The fourth-order valence-corrected chi connectivity index (χ4v) is 7.18. The van der Waals surface area contributed by atoms with Gasteiger partial charge in [0, 0.05) is 13.1 Å². The Morgan fingerprint density at radius 3 is 2.13 bits per heavy atom. The number of carbonyl (C=O) groups is 2. The molecule has 3 atom stereocenters. The maximum atomic E-state index is 14.5. The van der Waals surface area contributed by atoms with Gasteiger partial charge in [0.2, 0.25) is 0 Å². The highest BCUT2D eigenvalue weighted by atomic mass is 16.5. The van der Waals surface area contributed by atoms with E-state index in [1.165, 1.54) is 0 Å². The number of morpholine rings is 1. The summed E-state index contributed by atoms with van der Waals surface area (Å²) in [6.45, 7) is 15.1. The standard InChI is InChI=1S/C32H47N3O4/c1-30(2,3)16-15-26(21-7-9-22(10-8-21)29(37)38)35-28(36)27(34-19-24-11-12-25(20-34)39-24)33-32(35)17-13-23(14-18-32)31(4,5)6/h7-10,23-26H,11-20H2,1-6H3,(H,37,38)/t23?,24-,25+,26-,32?/m1/s1. The van der Waals surface area contributed by atoms with Crippen molar-refractivity contribution in [2.45, 2.75) is 117 Å². The van der Waals surface area contributed by atoms with Crippen LogP contribution in [0.3, 0.4) is 0 Å². The third-order valence-corrected chi connectivity index (χ3v) is 9.55. The molecular formula is C32H47N3O4. The number of carboxylic acids is 1. The van der Waals surface area contributed by atoms with Crippen molar-refractivity contribution >= 4 is 17.7 Å². The Morgan fingerprint density at radius 1 is 1.03 bits per heavy atom. The summed E-state index contributed by atoms with van der Waals surface area (Å²) >= 11 is 0. The van der Waals surface area contributed by atoms with Gasteiger partial charge in [0.15, 0.2) is 5.84 Å². The van der Waals surface area contributed by atoms with Crippen molar-refractivity contribution in [1.82, 2.24) is 9.80 Å². The molecule has 4 aliphatic rings. The predicted octanol–water partition coefficient (Wildman–Crippen LogP) is 6.29. The van der Waals surface area contributed by atoms with Gasteiger partial charge in [-0.1, -0.05) is 53.7 Å². The Bertz CT molecular complexity index is 1090. The van der Waals surface area contributed by atoms with E-state index in [2.05, 4.69) is 51.3 Å². The molecule has 3 heterocycles. The number of rotatable bonds is 5. The lowest BCUT2D eigenvalue weighted by Crippen LogP contribution is -2.53. The molecule has 1 amide bonds. The van der Waals surface area contributed by atoms with Crippen LogP contribution in [0.2, 0.25) is 0 Å². The van der Waals surface area contributed by atoms with Crippen molar-refractivity contribution < 1.29 is 19.4 Å². The number of hydrogen-bond donors (Lipinski definition) is 1. The van der Waals surface area contributed by atoms with Crippen LogP contribution in [-0.2, 0) is 9.53 Å². The smallest absolute Gasteiger partial charge is 0.335 e. The van der Waals surface area contributed by atoms with E-state index >= 15 is 0 Å². The highest BCUT2D eigenvalue weighted by molar-refractivity contribution is 6.39. The van der Waals surface area contributed by atoms with Gasteiger partial charge >= 0.3 is 5.97 Å². The summed E-state index contributed by atoms with van der Waals surface area (Å²) in [4.78, 5) is 35.8. The van der Waals surface area contributed by atoms with Crippen molar-refractivity contribution in [2.24, 2.45) is 21.7 Å². The molecule has 214 valence electrons. The molecule has 0 radical (unpaired) electrons. The molecule has 1 aliphatic carbocycles. The molecule has 39 heavy (non-hydrogen) atoms. The lowest BCUT2D eigenvalue weighted by Gasteiger charge is -2.47. The lowest BCUT2D eigenvalue weighted by atomic mass is 9.69. The number of aromatic carboxylic acids is 1. The average molecular weight is 538 g/mol. The number of nitrogens with zero attached hydrogens (tertiary/aromatic N) is 3. The third kappa shape index (κ3) is 5.75. The van der Waals surface area contributed by atoms with Crippen LogP contribution in [0.15, 0.2) is 29.3 Å². The highest BCUT2D eigenvalue weighted by Crippen LogP contribution is 2.50. The first kappa shape index (κ1) is 28.1. The van der Waals surface area contributed by atoms with Gasteiger partial charge in [-0.15, -0.1) is 0 Å². The van der Waals surface area contributed by atoms with Gasteiger partial charge in [-0.05, 0) is 85.8 Å². The van der Waals surface area contributed by atoms with E-state index in [9.17, 15) is 14.7 Å². The van der Waals surface area contributed by atoms with Crippen molar-refractivity contribution in [1.29, 1.82) is 0 Å². The van der Waals surface area contributed by atoms with Gasteiger partial charge in [-0.3, -0.25) is 4.79 Å². The second-order valence-corrected chi connectivity index (χ2v) is 14.6. The topological polar surface area (TPSA) is 82.4 Å². The Morgan fingerprint density at radius 2 is 1.62 bits per heavy atom. The normalized spacial score (nSPS) is 30.2. The van der Waals surface area contributed by atoms with E-state index in [1.54, 1.807) is 12.1 Å². The van der Waals surface area contributed by atoms with Crippen molar-refractivity contribution in [3.63, 3.8) is 0 Å². The summed E-state index contributed by atoms with van der Waals surface area (Å²) in [5.74, 6) is 0.315. The zero-order valence-electron chi connectivity index (χ0n) is 24.7. The number of amides is 1. The van der Waals surface area contributed by atoms with Crippen LogP contribution in [0.5, 0.6) is 0 Å². The van der Waals surface area contributed by atoms with Gasteiger partial charge in [0.1, 0.15) is 5.66 Å². The lowest BCUT2D eigenvalue weighted by molar-refractivity contribution is -0.134. The van der Waals surface area contributed by atoms with Gasteiger partial charge < -0.3 is 19.6 Å². The number of carboxylic acid groups (broad SMARTS) is 1. The fraction of sp³-hybridized carbons (Fsp3) is 0.719. The molecule has 1 spiro atoms. The SMILES string of the molecule is CC(C)(C)CC[C@H](c1ccc(C(=O)O)cc1)N1C(=O)C(N2C[C@H]3CC[C@@H](C2)O3)=NC12CCC(C(C)(C)C)CC2. The largest absolute Gasteiger partial charge is 0.478 e. The molecule has 1 N–H and O–H groups in total. The molecule has 1 aromatic carbocycles. The maximum Gasteiger partial charge on any atom is 0.335 e. The molecular weight excluding hydrogens is 490 g/mol. The summed E-state index contributed by atoms with van der Waals surface area (Å²) in [6, 6.07) is 7.00. The summed E-state index contributed by atoms with van der Waals surface area (Å²) in [6.07, 6.45) is 8.03. The first-order valence-corrected chi connectivity index (χ1v) is 14.9. The highest BCUT2D eigenvalue weighted by Gasteiger charge is 2.54. The molecule has 5 rings (SSSR count). The second kappa shape index (κ2) is 10.2. The predicted molar refractivity (Wildman–Crippen MR) is 153 cm³/mol. The van der Waals surface area contributed by atoms with E-state index in [4.69, 9.17) is 9.73 Å². The van der Waals surface area contributed by atoms with E-state index in [0.717, 1.165) is 70.0 Å².